The van der Waals surface area contributed by atoms with Gasteiger partial charge in [-0.25, -0.2) is 0 Å². The lowest BCUT2D eigenvalue weighted by atomic mass is 9.79. The molecule has 0 saturated carbocycles. The third-order valence-corrected chi connectivity index (χ3v) is 5.88. The molecule has 2 heterocycles. The number of anilines is 1. The smallest absolute Gasteiger partial charge is 0.317 e. The molecular formula is C21H21ClN2O4S. The number of ether oxygens (including phenoxy) is 3. The molecule has 0 radical (unpaired) electrons. The zero-order chi connectivity index (χ0) is 20.8. The lowest BCUT2D eigenvalue weighted by Crippen LogP contribution is -2.71. The number of nitrogens with one attached hydrogen (secondary N) is 1. The van der Waals surface area contributed by atoms with E-state index in [0.717, 1.165) is 11.3 Å². The van der Waals surface area contributed by atoms with Crippen LogP contribution in [0.25, 0.3) is 0 Å². The Balaban J connectivity index is 1.88. The molecule has 3 unspecified atom stereocenters. The van der Waals surface area contributed by atoms with E-state index < -0.39 is 17.7 Å². The summed E-state index contributed by atoms with van der Waals surface area (Å²) in [6.45, 7) is 3.91. The van der Waals surface area contributed by atoms with Gasteiger partial charge in [0.05, 0.1) is 19.8 Å². The van der Waals surface area contributed by atoms with Crippen molar-refractivity contribution < 1.29 is 19.0 Å². The van der Waals surface area contributed by atoms with Gasteiger partial charge < -0.3 is 19.5 Å². The molecule has 1 saturated heterocycles. The zero-order valence-corrected chi connectivity index (χ0v) is 17.8. The Morgan fingerprint density at radius 1 is 1.31 bits per heavy atom. The topological polar surface area (TPSA) is 60.0 Å². The molecule has 0 aliphatic carbocycles. The van der Waals surface area contributed by atoms with Crippen molar-refractivity contribution in [3.63, 3.8) is 0 Å². The van der Waals surface area contributed by atoms with Crippen molar-refractivity contribution in [3.8, 4) is 11.5 Å². The lowest BCUT2D eigenvalue weighted by Gasteiger charge is -2.55. The van der Waals surface area contributed by atoms with Crippen molar-refractivity contribution in [2.75, 3.05) is 18.6 Å². The van der Waals surface area contributed by atoms with Crippen LogP contribution in [0.1, 0.15) is 25.5 Å². The molecule has 2 aromatic rings. The van der Waals surface area contributed by atoms with Crippen LogP contribution in [-0.2, 0) is 9.53 Å². The van der Waals surface area contributed by atoms with Gasteiger partial charge in [-0.1, -0.05) is 11.6 Å². The first-order valence-electron chi connectivity index (χ1n) is 9.29. The van der Waals surface area contributed by atoms with Crippen molar-refractivity contribution in [1.29, 1.82) is 0 Å². The third-order valence-electron chi connectivity index (χ3n) is 5.33. The highest BCUT2D eigenvalue weighted by atomic mass is 35.5. The maximum Gasteiger partial charge on any atom is 0.317 e. The molecule has 1 fully saturated rings. The standard InChI is InChI=1S/C21H21ClN2O4S/c1-4-27-19(25)17-18-15-11-14(26-3)9-10-16(15)28-21(17,2)24(20(29)23-18)13-7-5-12(22)6-8-13/h5-11,17-18H,4H2,1-3H3,(H,23,29). The molecule has 6 nitrogen and oxygen atoms in total. The number of carbonyl (C=O) groups is 1. The number of nitrogens with zero attached hydrogens (tertiary/aromatic N) is 1. The van der Waals surface area contributed by atoms with Crippen LogP contribution in [0.5, 0.6) is 11.5 Å². The predicted octanol–water partition coefficient (Wildman–Crippen LogP) is 4.07. The van der Waals surface area contributed by atoms with E-state index in [0.29, 0.717) is 21.6 Å². The Hall–Kier alpha value is -2.51. The minimum absolute atomic E-state index is 0.272. The molecule has 2 aliphatic heterocycles. The summed E-state index contributed by atoms with van der Waals surface area (Å²) in [5.74, 6) is 0.311. The number of hydrogen-bond donors (Lipinski definition) is 1. The molecule has 2 bridgehead atoms. The number of thiocarbonyl (C=S) groups is 1. The summed E-state index contributed by atoms with van der Waals surface area (Å²) in [5, 5.41) is 4.38. The molecule has 29 heavy (non-hydrogen) atoms. The Bertz CT molecular complexity index is 968. The fourth-order valence-electron chi connectivity index (χ4n) is 4.06. The average molecular weight is 433 g/mol. The summed E-state index contributed by atoms with van der Waals surface area (Å²) < 4.78 is 17.2. The number of rotatable bonds is 4. The van der Waals surface area contributed by atoms with Crippen molar-refractivity contribution in [3.05, 3.63) is 53.1 Å². The first-order chi connectivity index (χ1) is 13.9. The minimum Gasteiger partial charge on any atom is -0.497 e. The molecule has 1 N–H and O–H groups in total. The van der Waals surface area contributed by atoms with Gasteiger partial charge in [0.2, 0.25) is 5.72 Å². The maximum absolute atomic E-state index is 13.1. The van der Waals surface area contributed by atoms with Crippen LogP contribution < -0.4 is 19.7 Å². The molecule has 152 valence electrons. The summed E-state index contributed by atoms with van der Waals surface area (Å²) in [4.78, 5) is 14.9. The molecule has 0 amide bonds. The SMILES string of the molecule is CCOC(=O)C1C2NC(=S)N(c3ccc(Cl)cc3)C1(C)Oc1ccc(OC)cc12. The molecule has 8 heteroatoms. The number of methoxy groups -OCH3 is 1. The van der Waals surface area contributed by atoms with Crippen molar-refractivity contribution in [1.82, 2.24) is 5.32 Å². The van der Waals surface area contributed by atoms with Crippen molar-refractivity contribution >= 4 is 40.6 Å². The van der Waals surface area contributed by atoms with Crippen LogP contribution >= 0.6 is 23.8 Å². The molecular weight excluding hydrogens is 412 g/mol. The van der Waals surface area contributed by atoms with Crippen LogP contribution in [0, 0.1) is 5.92 Å². The van der Waals surface area contributed by atoms with Gasteiger partial charge in [0.1, 0.15) is 17.4 Å². The van der Waals surface area contributed by atoms with Crippen LogP contribution in [-0.4, -0.2) is 30.5 Å². The Morgan fingerprint density at radius 2 is 2.03 bits per heavy atom. The van der Waals surface area contributed by atoms with Crippen LogP contribution in [0.15, 0.2) is 42.5 Å². The number of fused-ring (bicyclic) bond motifs is 4. The minimum atomic E-state index is -1.09. The molecule has 0 spiro atoms. The number of carbonyl (C=O) groups excluding carboxylic acids is 1. The fourth-order valence-corrected chi connectivity index (χ4v) is 4.60. The molecule has 3 atom stereocenters. The third kappa shape index (κ3) is 3.18. The van der Waals surface area contributed by atoms with E-state index in [1.165, 1.54) is 0 Å². The molecule has 2 aliphatic rings. The normalized spacial score (nSPS) is 24.8. The second-order valence-corrected chi connectivity index (χ2v) is 7.85. The number of hydrogen-bond acceptors (Lipinski definition) is 5. The summed E-state index contributed by atoms with van der Waals surface area (Å²) in [7, 11) is 1.60. The number of halogens is 1. The van der Waals surface area contributed by atoms with E-state index in [4.69, 9.17) is 38.0 Å². The maximum atomic E-state index is 13.1. The first-order valence-corrected chi connectivity index (χ1v) is 10.1. The number of esters is 1. The van der Waals surface area contributed by atoms with Gasteiger partial charge in [-0.15, -0.1) is 0 Å². The van der Waals surface area contributed by atoms with E-state index in [9.17, 15) is 4.79 Å². The summed E-state index contributed by atoms with van der Waals surface area (Å²) in [5.41, 5.74) is 0.478. The molecule has 0 aromatic heterocycles. The largest absolute Gasteiger partial charge is 0.497 e. The van der Waals surface area contributed by atoms with Gasteiger partial charge in [-0.05, 0) is 68.5 Å². The zero-order valence-electron chi connectivity index (χ0n) is 16.3. The first kappa shape index (κ1) is 19.8. The van der Waals surface area contributed by atoms with Gasteiger partial charge in [-0.3, -0.25) is 9.69 Å². The van der Waals surface area contributed by atoms with Gasteiger partial charge in [-0.2, -0.15) is 0 Å². The van der Waals surface area contributed by atoms with E-state index >= 15 is 0 Å². The Labute approximate surface area is 179 Å². The van der Waals surface area contributed by atoms with E-state index in [1.807, 2.05) is 42.2 Å². The van der Waals surface area contributed by atoms with Crippen molar-refractivity contribution in [2.45, 2.75) is 25.6 Å². The quantitative estimate of drug-likeness (QED) is 0.577. The van der Waals surface area contributed by atoms with E-state index in [-0.39, 0.29) is 12.6 Å². The van der Waals surface area contributed by atoms with Gasteiger partial charge >= 0.3 is 5.97 Å². The number of benzene rings is 2. The van der Waals surface area contributed by atoms with Gasteiger partial charge in [0.15, 0.2) is 5.11 Å². The summed E-state index contributed by atoms with van der Waals surface area (Å²) in [6.07, 6.45) is 0. The van der Waals surface area contributed by atoms with Gasteiger partial charge in [0.25, 0.3) is 0 Å². The summed E-state index contributed by atoms with van der Waals surface area (Å²) in [6, 6.07) is 12.4. The second-order valence-electron chi connectivity index (χ2n) is 7.03. The van der Waals surface area contributed by atoms with Crippen molar-refractivity contribution in [2.24, 2.45) is 5.92 Å². The van der Waals surface area contributed by atoms with Crippen LogP contribution in [0.4, 0.5) is 5.69 Å². The monoisotopic (exact) mass is 432 g/mol. The predicted molar refractivity (Wildman–Crippen MR) is 115 cm³/mol. The molecule has 2 aromatic carbocycles. The second kappa shape index (κ2) is 7.39. The van der Waals surface area contributed by atoms with E-state index in [1.54, 1.807) is 26.2 Å². The van der Waals surface area contributed by atoms with Crippen LogP contribution in [0.3, 0.4) is 0 Å². The lowest BCUT2D eigenvalue weighted by molar-refractivity contribution is -0.159. The summed E-state index contributed by atoms with van der Waals surface area (Å²) >= 11 is 11.7. The Morgan fingerprint density at radius 3 is 2.69 bits per heavy atom. The highest BCUT2D eigenvalue weighted by Crippen LogP contribution is 2.50. The van der Waals surface area contributed by atoms with Crippen LogP contribution in [0.2, 0.25) is 5.02 Å². The average Bonchev–Trinajstić information content (AvgIpc) is 2.68. The fraction of sp³-hybridized carbons (Fsp3) is 0.333. The Kier molecular flexibility index (Phi) is 5.04. The van der Waals surface area contributed by atoms with E-state index in [2.05, 4.69) is 5.32 Å². The highest BCUT2D eigenvalue weighted by Gasteiger charge is 2.59. The van der Waals surface area contributed by atoms with Gasteiger partial charge in [0, 0.05) is 16.3 Å². The highest BCUT2D eigenvalue weighted by molar-refractivity contribution is 7.80. The molecule has 4 rings (SSSR count).